The minimum Gasteiger partial charge on any atom is -0.338 e. The molecule has 0 N–H and O–H groups in total. The number of anilines is 1. The first-order valence-corrected chi connectivity index (χ1v) is 8.08. The molecule has 1 atom stereocenters. The van der Waals surface area contributed by atoms with Crippen molar-refractivity contribution in [1.82, 2.24) is 14.9 Å². The lowest BCUT2D eigenvalue weighted by atomic mass is 9.86. The molecular formula is C18H18N4O2. The first-order valence-electron chi connectivity index (χ1n) is 8.08. The molecule has 2 aliphatic rings. The van der Waals surface area contributed by atoms with Gasteiger partial charge in [0.25, 0.3) is 5.91 Å². The second-order valence-corrected chi connectivity index (χ2v) is 6.56. The lowest BCUT2D eigenvalue weighted by molar-refractivity contribution is -0.117. The minimum absolute atomic E-state index is 0.0120. The topological polar surface area (TPSA) is 66.4 Å². The molecular weight excluding hydrogens is 304 g/mol. The Kier molecular flexibility index (Phi) is 3.52. The predicted octanol–water partition coefficient (Wildman–Crippen LogP) is 1.75. The van der Waals surface area contributed by atoms with Crippen LogP contribution in [0.15, 0.2) is 48.9 Å². The van der Waals surface area contributed by atoms with Crippen molar-refractivity contribution in [1.29, 1.82) is 0 Å². The van der Waals surface area contributed by atoms with E-state index >= 15 is 0 Å². The third kappa shape index (κ3) is 2.54. The summed E-state index contributed by atoms with van der Waals surface area (Å²) in [6.45, 7) is 1.93. The molecule has 6 nitrogen and oxygen atoms in total. The van der Waals surface area contributed by atoms with Gasteiger partial charge in [-0.25, -0.2) is 4.98 Å². The lowest BCUT2D eigenvalue weighted by Crippen LogP contribution is -2.34. The maximum atomic E-state index is 12.6. The summed E-state index contributed by atoms with van der Waals surface area (Å²) in [5, 5.41) is 0. The number of hydrogen-bond acceptors (Lipinski definition) is 4. The largest absolute Gasteiger partial charge is 0.338 e. The molecule has 2 aromatic rings. The van der Waals surface area contributed by atoms with E-state index < -0.39 is 0 Å². The quantitative estimate of drug-likeness (QED) is 0.845. The van der Waals surface area contributed by atoms with Crippen molar-refractivity contribution in [2.24, 2.45) is 5.41 Å². The number of pyridine rings is 2. The first kappa shape index (κ1) is 14.8. The second kappa shape index (κ2) is 5.70. The van der Waals surface area contributed by atoms with Crippen molar-refractivity contribution < 1.29 is 9.59 Å². The van der Waals surface area contributed by atoms with Crippen LogP contribution in [0, 0.1) is 5.41 Å². The highest BCUT2D eigenvalue weighted by Gasteiger charge is 2.49. The molecule has 2 saturated heterocycles. The van der Waals surface area contributed by atoms with Gasteiger partial charge in [-0.05, 0) is 30.7 Å². The van der Waals surface area contributed by atoms with Crippen molar-refractivity contribution in [3.63, 3.8) is 0 Å². The molecule has 24 heavy (non-hydrogen) atoms. The number of hydrogen-bond donors (Lipinski definition) is 0. The van der Waals surface area contributed by atoms with Crippen LogP contribution in [0.25, 0.3) is 0 Å². The molecule has 2 fully saturated rings. The molecule has 0 bridgehead atoms. The standard InChI is InChI=1S/C18H18N4O2/c23-16-11-18(13-22(16)15-3-1-2-7-20-15)6-10-21(12-18)17(24)14-4-8-19-9-5-14/h1-5,7-9H,6,10-13H2/t18-/m0/s1. The summed E-state index contributed by atoms with van der Waals surface area (Å²) in [7, 11) is 0. The van der Waals surface area contributed by atoms with Gasteiger partial charge in [0.15, 0.2) is 0 Å². The number of aromatic nitrogens is 2. The predicted molar refractivity (Wildman–Crippen MR) is 88.4 cm³/mol. The summed E-state index contributed by atoms with van der Waals surface area (Å²) in [4.78, 5) is 36.9. The van der Waals surface area contributed by atoms with Crippen molar-refractivity contribution in [3.05, 3.63) is 54.5 Å². The maximum Gasteiger partial charge on any atom is 0.253 e. The van der Waals surface area contributed by atoms with Crippen LogP contribution in [0.5, 0.6) is 0 Å². The van der Waals surface area contributed by atoms with Gasteiger partial charge in [0.05, 0.1) is 0 Å². The van der Waals surface area contributed by atoms with Crippen LogP contribution in [0.1, 0.15) is 23.2 Å². The molecule has 0 aromatic carbocycles. The van der Waals surface area contributed by atoms with Crippen LogP contribution >= 0.6 is 0 Å². The van der Waals surface area contributed by atoms with Crippen LogP contribution in [0.2, 0.25) is 0 Å². The van der Waals surface area contributed by atoms with Crippen molar-refractivity contribution in [2.75, 3.05) is 24.5 Å². The zero-order valence-corrected chi connectivity index (χ0v) is 13.3. The first-order chi connectivity index (χ1) is 11.7. The molecule has 2 aromatic heterocycles. The number of carbonyl (C=O) groups is 2. The van der Waals surface area contributed by atoms with Gasteiger partial charge in [0, 0.05) is 55.6 Å². The summed E-state index contributed by atoms with van der Waals surface area (Å²) in [6.07, 6.45) is 6.27. The highest BCUT2D eigenvalue weighted by Crippen LogP contribution is 2.41. The van der Waals surface area contributed by atoms with Crippen molar-refractivity contribution in [2.45, 2.75) is 12.8 Å². The number of nitrogens with zero attached hydrogens (tertiary/aromatic N) is 4. The molecule has 0 saturated carbocycles. The Bertz CT molecular complexity index is 765. The van der Waals surface area contributed by atoms with Gasteiger partial charge in [-0.3, -0.25) is 19.5 Å². The van der Waals surface area contributed by atoms with E-state index in [0.717, 1.165) is 6.42 Å². The lowest BCUT2D eigenvalue weighted by Gasteiger charge is -2.24. The Hall–Kier alpha value is -2.76. The van der Waals surface area contributed by atoms with Gasteiger partial charge in [0.2, 0.25) is 5.91 Å². The molecule has 6 heteroatoms. The number of likely N-dealkylation sites (tertiary alicyclic amines) is 1. The van der Waals surface area contributed by atoms with Crippen molar-refractivity contribution in [3.8, 4) is 0 Å². The van der Waals surface area contributed by atoms with Crippen LogP contribution in [-0.4, -0.2) is 46.3 Å². The van der Waals surface area contributed by atoms with Gasteiger partial charge in [-0.15, -0.1) is 0 Å². The summed E-state index contributed by atoms with van der Waals surface area (Å²) in [6, 6.07) is 9.03. The van der Waals surface area contributed by atoms with Crippen LogP contribution in [-0.2, 0) is 4.79 Å². The van der Waals surface area contributed by atoms with Crippen molar-refractivity contribution >= 4 is 17.6 Å². The van der Waals surface area contributed by atoms with E-state index in [4.69, 9.17) is 0 Å². The Morgan fingerprint density at radius 2 is 1.92 bits per heavy atom. The molecule has 1 spiro atoms. The van der Waals surface area contributed by atoms with E-state index in [1.165, 1.54) is 0 Å². The van der Waals surface area contributed by atoms with Gasteiger partial charge < -0.3 is 4.90 Å². The number of carbonyl (C=O) groups excluding carboxylic acids is 2. The maximum absolute atomic E-state index is 12.6. The summed E-state index contributed by atoms with van der Waals surface area (Å²) < 4.78 is 0. The van der Waals surface area contributed by atoms with Gasteiger partial charge in [-0.2, -0.15) is 0 Å². The second-order valence-electron chi connectivity index (χ2n) is 6.56. The Labute approximate surface area is 140 Å². The molecule has 0 unspecified atom stereocenters. The van der Waals surface area contributed by atoms with E-state index in [-0.39, 0.29) is 17.2 Å². The molecule has 0 aliphatic carbocycles. The Balaban J connectivity index is 1.50. The Morgan fingerprint density at radius 1 is 1.08 bits per heavy atom. The van der Waals surface area contributed by atoms with E-state index in [0.29, 0.717) is 37.4 Å². The third-order valence-electron chi connectivity index (χ3n) is 4.90. The summed E-state index contributed by atoms with van der Waals surface area (Å²) in [5.74, 6) is 0.795. The average Bonchev–Trinajstić information content (AvgIpc) is 3.19. The fourth-order valence-electron chi connectivity index (χ4n) is 3.68. The van der Waals surface area contributed by atoms with E-state index in [2.05, 4.69) is 9.97 Å². The van der Waals surface area contributed by atoms with E-state index in [1.807, 2.05) is 23.1 Å². The molecule has 2 aliphatic heterocycles. The monoisotopic (exact) mass is 322 g/mol. The fraction of sp³-hybridized carbons (Fsp3) is 0.333. The zero-order valence-electron chi connectivity index (χ0n) is 13.3. The highest BCUT2D eigenvalue weighted by atomic mass is 16.2. The van der Waals surface area contributed by atoms with E-state index in [1.54, 1.807) is 35.6 Å². The molecule has 0 radical (unpaired) electrons. The molecule has 2 amide bonds. The summed E-state index contributed by atoms with van der Waals surface area (Å²) >= 11 is 0. The normalized spacial score (nSPS) is 23.2. The molecule has 122 valence electrons. The van der Waals surface area contributed by atoms with Crippen LogP contribution < -0.4 is 4.90 Å². The zero-order chi connectivity index (χ0) is 16.6. The number of amides is 2. The van der Waals surface area contributed by atoms with Gasteiger partial charge in [0.1, 0.15) is 5.82 Å². The third-order valence-corrected chi connectivity index (χ3v) is 4.90. The Morgan fingerprint density at radius 3 is 2.67 bits per heavy atom. The number of rotatable bonds is 2. The van der Waals surface area contributed by atoms with Gasteiger partial charge >= 0.3 is 0 Å². The fourth-order valence-corrected chi connectivity index (χ4v) is 3.68. The van der Waals surface area contributed by atoms with Crippen LogP contribution in [0.3, 0.4) is 0 Å². The SMILES string of the molecule is O=C(c1ccncc1)N1CC[C@]2(CC(=O)N(c3ccccn3)C2)C1. The van der Waals surface area contributed by atoms with Gasteiger partial charge in [-0.1, -0.05) is 6.07 Å². The summed E-state index contributed by atoms with van der Waals surface area (Å²) in [5.41, 5.74) is 0.491. The molecule has 4 rings (SSSR count). The smallest absolute Gasteiger partial charge is 0.253 e. The minimum atomic E-state index is -0.155. The van der Waals surface area contributed by atoms with Crippen LogP contribution in [0.4, 0.5) is 5.82 Å². The van der Waals surface area contributed by atoms with E-state index in [9.17, 15) is 9.59 Å². The highest BCUT2D eigenvalue weighted by molar-refractivity contribution is 5.97. The average molecular weight is 322 g/mol. The molecule has 4 heterocycles.